The molecule has 0 bridgehead atoms. The molecule has 0 aliphatic rings. The van der Waals surface area contributed by atoms with Gasteiger partial charge in [0.05, 0.1) is 0 Å². The highest BCUT2D eigenvalue weighted by Crippen LogP contribution is 2.15. The average Bonchev–Trinajstić information content (AvgIpc) is 2.27. The Labute approximate surface area is 112 Å². The summed E-state index contributed by atoms with van der Waals surface area (Å²) in [6.07, 6.45) is 0. The van der Waals surface area contributed by atoms with Gasteiger partial charge < -0.3 is 5.32 Å². The van der Waals surface area contributed by atoms with Crippen LogP contribution in [0.15, 0.2) is 29.2 Å². The summed E-state index contributed by atoms with van der Waals surface area (Å²) in [5, 5.41) is 2.58. The lowest BCUT2D eigenvalue weighted by Crippen LogP contribution is -2.39. The van der Waals surface area contributed by atoms with Crippen LogP contribution in [-0.2, 0) is 14.6 Å². The first-order chi connectivity index (χ1) is 8.74. The Bertz CT molecular complexity index is 555. The Morgan fingerprint density at radius 3 is 2.37 bits per heavy atom. The van der Waals surface area contributed by atoms with E-state index in [9.17, 15) is 17.6 Å². The molecule has 1 aromatic carbocycles. The average molecular weight is 287 g/mol. The molecule has 0 radical (unpaired) electrons. The minimum absolute atomic E-state index is 0.136. The number of benzene rings is 1. The third kappa shape index (κ3) is 4.31. The zero-order chi connectivity index (χ0) is 14.6. The molecule has 19 heavy (non-hydrogen) atoms. The van der Waals surface area contributed by atoms with Crippen LogP contribution in [-0.4, -0.2) is 26.1 Å². The zero-order valence-electron chi connectivity index (χ0n) is 11.2. The molecule has 0 fully saturated rings. The summed E-state index contributed by atoms with van der Waals surface area (Å²) in [6, 6.07) is 4.90. The third-order valence-corrected chi connectivity index (χ3v) is 4.52. The molecule has 0 spiro atoms. The van der Waals surface area contributed by atoms with Gasteiger partial charge in [-0.05, 0) is 25.0 Å². The van der Waals surface area contributed by atoms with Gasteiger partial charge in [-0.25, -0.2) is 12.8 Å². The minimum atomic E-state index is -3.95. The van der Waals surface area contributed by atoms with E-state index in [1.54, 1.807) is 6.92 Å². The van der Waals surface area contributed by atoms with Crippen molar-refractivity contribution in [2.24, 2.45) is 5.92 Å². The van der Waals surface area contributed by atoms with Gasteiger partial charge in [-0.2, -0.15) is 0 Å². The second-order valence-corrected chi connectivity index (χ2v) is 6.75. The summed E-state index contributed by atoms with van der Waals surface area (Å²) in [5.74, 6) is -2.01. The first-order valence-electron chi connectivity index (χ1n) is 6.00. The van der Waals surface area contributed by atoms with Crippen LogP contribution >= 0.6 is 0 Å². The highest BCUT2D eigenvalue weighted by molar-refractivity contribution is 7.92. The number of carbonyl (C=O) groups is 1. The Morgan fingerprint density at radius 1 is 1.26 bits per heavy atom. The molecule has 6 heteroatoms. The van der Waals surface area contributed by atoms with Gasteiger partial charge >= 0.3 is 0 Å². The molecule has 0 saturated heterocycles. The van der Waals surface area contributed by atoms with Gasteiger partial charge in [0, 0.05) is 6.04 Å². The van der Waals surface area contributed by atoms with Gasteiger partial charge in [-0.3, -0.25) is 4.79 Å². The van der Waals surface area contributed by atoms with Crippen LogP contribution in [0.3, 0.4) is 0 Å². The van der Waals surface area contributed by atoms with E-state index in [-0.39, 0.29) is 12.0 Å². The fourth-order valence-electron chi connectivity index (χ4n) is 1.41. The van der Waals surface area contributed by atoms with Crippen LogP contribution in [0.2, 0.25) is 0 Å². The van der Waals surface area contributed by atoms with Gasteiger partial charge in [0.2, 0.25) is 5.91 Å². The van der Waals surface area contributed by atoms with Crippen LogP contribution in [0.1, 0.15) is 20.8 Å². The number of nitrogens with one attached hydrogen (secondary N) is 1. The molecule has 0 heterocycles. The largest absolute Gasteiger partial charge is 0.353 e. The number of hydrogen-bond donors (Lipinski definition) is 1. The van der Waals surface area contributed by atoms with E-state index in [0.717, 1.165) is 12.1 Å². The molecule has 1 amide bonds. The second kappa shape index (κ2) is 6.14. The van der Waals surface area contributed by atoms with Gasteiger partial charge in [-0.15, -0.1) is 0 Å². The Morgan fingerprint density at radius 2 is 1.84 bits per heavy atom. The highest BCUT2D eigenvalue weighted by Gasteiger charge is 2.23. The van der Waals surface area contributed by atoms with Gasteiger partial charge in [0.25, 0.3) is 0 Å². The SMILES string of the molecule is CC(C)C(C)NC(=O)CS(=O)(=O)c1ccccc1F. The Balaban J connectivity index is 2.82. The molecule has 4 nitrogen and oxygen atoms in total. The van der Waals surface area contributed by atoms with Gasteiger partial charge in [0.15, 0.2) is 9.84 Å². The van der Waals surface area contributed by atoms with Crippen LogP contribution < -0.4 is 5.32 Å². The van der Waals surface area contributed by atoms with Crippen molar-refractivity contribution in [2.45, 2.75) is 31.7 Å². The van der Waals surface area contributed by atoms with Crippen molar-refractivity contribution in [2.75, 3.05) is 5.75 Å². The molecule has 0 saturated carbocycles. The molecular weight excluding hydrogens is 269 g/mol. The van der Waals surface area contributed by atoms with E-state index >= 15 is 0 Å². The number of sulfone groups is 1. The molecule has 1 aromatic rings. The van der Waals surface area contributed by atoms with E-state index in [0.29, 0.717) is 0 Å². The smallest absolute Gasteiger partial charge is 0.235 e. The standard InChI is InChI=1S/C13H18FNO3S/c1-9(2)10(3)15-13(16)8-19(17,18)12-7-5-4-6-11(12)14/h4-7,9-10H,8H2,1-3H3,(H,15,16). The molecule has 1 atom stereocenters. The third-order valence-electron chi connectivity index (χ3n) is 2.88. The van der Waals surface area contributed by atoms with Crippen molar-refractivity contribution in [1.29, 1.82) is 0 Å². The molecule has 1 rings (SSSR count). The van der Waals surface area contributed by atoms with Crippen molar-refractivity contribution in [3.05, 3.63) is 30.1 Å². The maximum atomic E-state index is 13.4. The lowest BCUT2D eigenvalue weighted by atomic mass is 10.1. The fourth-order valence-corrected chi connectivity index (χ4v) is 2.64. The van der Waals surface area contributed by atoms with E-state index in [2.05, 4.69) is 5.32 Å². The topological polar surface area (TPSA) is 63.2 Å². The lowest BCUT2D eigenvalue weighted by Gasteiger charge is -2.17. The number of hydrogen-bond acceptors (Lipinski definition) is 3. The van der Waals surface area contributed by atoms with Crippen molar-refractivity contribution in [1.82, 2.24) is 5.32 Å². The lowest BCUT2D eigenvalue weighted by molar-refractivity contribution is -0.119. The van der Waals surface area contributed by atoms with Crippen LogP contribution in [0.5, 0.6) is 0 Å². The molecule has 0 aromatic heterocycles. The molecule has 1 N–H and O–H groups in total. The van der Waals surface area contributed by atoms with Crippen molar-refractivity contribution >= 4 is 15.7 Å². The Hall–Kier alpha value is -1.43. The summed E-state index contributed by atoms with van der Waals surface area (Å²) in [5.41, 5.74) is 0. The second-order valence-electron chi connectivity index (χ2n) is 4.79. The summed E-state index contributed by atoms with van der Waals surface area (Å²) in [7, 11) is -3.95. The molecule has 106 valence electrons. The summed E-state index contributed by atoms with van der Waals surface area (Å²) in [4.78, 5) is 11.2. The summed E-state index contributed by atoms with van der Waals surface area (Å²) >= 11 is 0. The minimum Gasteiger partial charge on any atom is -0.353 e. The maximum absolute atomic E-state index is 13.4. The molecule has 1 unspecified atom stereocenters. The number of amides is 1. The summed E-state index contributed by atoms with van der Waals surface area (Å²) < 4.78 is 37.2. The number of rotatable bonds is 5. The van der Waals surface area contributed by atoms with E-state index < -0.39 is 32.2 Å². The summed E-state index contributed by atoms with van der Waals surface area (Å²) in [6.45, 7) is 5.62. The number of halogens is 1. The fraction of sp³-hybridized carbons (Fsp3) is 0.462. The molecule has 0 aliphatic carbocycles. The zero-order valence-corrected chi connectivity index (χ0v) is 12.0. The predicted octanol–water partition coefficient (Wildman–Crippen LogP) is 1.76. The van der Waals surface area contributed by atoms with Gasteiger partial charge in [-0.1, -0.05) is 26.0 Å². The normalized spacial score (nSPS) is 13.3. The first-order valence-corrected chi connectivity index (χ1v) is 7.66. The van der Waals surface area contributed by atoms with Crippen LogP contribution in [0.25, 0.3) is 0 Å². The van der Waals surface area contributed by atoms with Crippen molar-refractivity contribution < 1.29 is 17.6 Å². The molecular formula is C13H18FNO3S. The Kier molecular flexibility index (Phi) is 5.05. The number of carbonyl (C=O) groups excluding carboxylic acids is 1. The van der Waals surface area contributed by atoms with Gasteiger partial charge in [0.1, 0.15) is 16.5 Å². The maximum Gasteiger partial charge on any atom is 0.235 e. The highest BCUT2D eigenvalue weighted by atomic mass is 32.2. The van der Waals surface area contributed by atoms with Crippen LogP contribution in [0.4, 0.5) is 4.39 Å². The quantitative estimate of drug-likeness (QED) is 0.897. The first kappa shape index (κ1) is 15.6. The van der Waals surface area contributed by atoms with Crippen LogP contribution in [0, 0.1) is 11.7 Å². The van der Waals surface area contributed by atoms with E-state index in [1.807, 2.05) is 13.8 Å². The monoisotopic (exact) mass is 287 g/mol. The van der Waals surface area contributed by atoms with Crippen molar-refractivity contribution in [3.63, 3.8) is 0 Å². The van der Waals surface area contributed by atoms with E-state index in [1.165, 1.54) is 12.1 Å². The molecule has 0 aliphatic heterocycles. The predicted molar refractivity (Wildman–Crippen MR) is 70.9 cm³/mol. The van der Waals surface area contributed by atoms with E-state index in [4.69, 9.17) is 0 Å². The van der Waals surface area contributed by atoms with Crippen molar-refractivity contribution in [3.8, 4) is 0 Å².